The second-order valence-electron chi connectivity index (χ2n) is 10.2. The maximum Gasteiger partial charge on any atom is 0.278 e. The molecule has 1 aliphatic rings. The summed E-state index contributed by atoms with van der Waals surface area (Å²) in [5.74, 6) is 1.93. The van der Waals surface area contributed by atoms with Gasteiger partial charge in [-0.25, -0.2) is 9.97 Å². The Hall–Kier alpha value is -4.21. The topological polar surface area (TPSA) is 120 Å². The van der Waals surface area contributed by atoms with E-state index >= 15 is 0 Å². The molecule has 0 amide bonds. The molecular formula is C30H28N4O4S. The molecule has 39 heavy (non-hydrogen) atoms. The molecular weight excluding hydrogens is 512 g/mol. The van der Waals surface area contributed by atoms with Crippen molar-refractivity contribution in [3.8, 4) is 22.8 Å². The molecule has 8 nitrogen and oxygen atoms in total. The van der Waals surface area contributed by atoms with Crippen molar-refractivity contribution in [3.05, 3.63) is 108 Å². The third-order valence-electron chi connectivity index (χ3n) is 7.56. The van der Waals surface area contributed by atoms with E-state index in [1.807, 2.05) is 79.7 Å². The minimum Gasteiger partial charge on any atom is -0.457 e. The van der Waals surface area contributed by atoms with Crippen molar-refractivity contribution in [2.24, 2.45) is 5.92 Å². The average molecular weight is 541 g/mol. The summed E-state index contributed by atoms with van der Waals surface area (Å²) in [7, 11) is -4.50. The molecule has 0 bridgehead atoms. The second-order valence-corrected chi connectivity index (χ2v) is 11.9. The first-order valence-electron chi connectivity index (χ1n) is 12.7. The van der Waals surface area contributed by atoms with Crippen LogP contribution in [0.25, 0.3) is 16.8 Å². The molecule has 0 atom stereocenters. The van der Waals surface area contributed by atoms with Crippen molar-refractivity contribution >= 4 is 21.5 Å². The molecule has 1 fully saturated rings. The van der Waals surface area contributed by atoms with Gasteiger partial charge in [-0.1, -0.05) is 42.5 Å². The minimum absolute atomic E-state index is 0.0810. The van der Waals surface area contributed by atoms with Gasteiger partial charge in [-0.2, -0.15) is 8.42 Å². The van der Waals surface area contributed by atoms with Crippen LogP contribution in [0, 0.1) is 12.8 Å². The van der Waals surface area contributed by atoms with Crippen LogP contribution in [-0.4, -0.2) is 27.3 Å². The molecule has 0 spiro atoms. The molecule has 0 unspecified atom stereocenters. The number of anilines is 1. The highest BCUT2D eigenvalue weighted by Gasteiger charge is 2.57. The van der Waals surface area contributed by atoms with Crippen LogP contribution in [0.4, 0.5) is 5.82 Å². The van der Waals surface area contributed by atoms with Crippen LogP contribution in [0.3, 0.4) is 0 Å². The summed E-state index contributed by atoms with van der Waals surface area (Å²) >= 11 is 0. The summed E-state index contributed by atoms with van der Waals surface area (Å²) in [5, 5.41) is 0. The lowest BCUT2D eigenvalue weighted by Crippen LogP contribution is -2.49. The van der Waals surface area contributed by atoms with E-state index in [0.717, 1.165) is 23.3 Å². The smallest absolute Gasteiger partial charge is 0.278 e. The van der Waals surface area contributed by atoms with Gasteiger partial charge in [0, 0.05) is 5.56 Å². The van der Waals surface area contributed by atoms with Crippen molar-refractivity contribution in [1.82, 2.24) is 14.4 Å². The Bertz CT molecular complexity index is 1760. The molecule has 6 rings (SSSR count). The number of hydrogen-bond acceptors (Lipinski definition) is 6. The second kappa shape index (κ2) is 9.52. The highest BCUT2D eigenvalue weighted by atomic mass is 32.2. The van der Waals surface area contributed by atoms with Gasteiger partial charge in [0.05, 0.1) is 23.6 Å². The van der Waals surface area contributed by atoms with Crippen LogP contribution in [-0.2, 0) is 21.3 Å². The largest absolute Gasteiger partial charge is 0.457 e. The molecule has 9 heteroatoms. The summed E-state index contributed by atoms with van der Waals surface area (Å²) < 4.78 is 42.4. The summed E-state index contributed by atoms with van der Waals surface area (Å²) in [6.07, 6.45) is 4.38. The van der Waals surface area contributed by atoms with Gasteiger partial charge in [0.25, 0.3) is 10.1 Å². The number of nitrogens with zero attached hydrogens (tertiary/aromatic N) is 3. The zero-order valence-electron chi connectivity index (χ0n) is 21.4. The maximum atomic E-state index is 12.9. The Morgan fingerprint density at radius 3 is 2.36 bits per heavy atom. The van der Waals surface area contributed by atoms with Crippen molar-refractivity contribution in [2.45, 2.75) is 30.9 Å². The number of hydrogen-bond donors (Lipinski definition) is 2. The number of nitrogen functional groups attached to an aromatic ring is 1. The molecule has 3 N–H and O–H groups in total. The summed E-state index contributed by atoms with van der Waals surface area (Å²) in [4.78, 5) is 9.05. The van der Waals surface area contributed by atoms with Crippen molar-refractivity contribution in [3.63, 3.8) is 0 Å². The minimum atomic E-state index is -4.50. The zero-order chi connectivity index (χ0) is 27.2. The third kappa shape index (κ3) is 4.53. The van der Waals surface area contributed by atoms with E-state index in [-0.39, 0.29) is 30.4 Å². The highest BCUT2D eigenvalue weighted by Crippen LogP contribution is 2.53. The van der Waals surface area contributed by atoms with Crippen molar-refractivity contribution < 1.29 is 17.7 Å². The lowest BCUT2D eigenvalue weighted by atomic mass is 9.70. The first-order chi connectivity index (χ1) is 18.7. The first kappa shape index (κ1) is 25.1. The van der Waals surface area contributed by atoms with Crippen LogP contribution in [0.1, 0.15) is 29.8 Å². The van der Waals surface area contributed by atoms with Crippen LogP contribution < -0.4 is 10.5 Å². The van der Waals surface area contributed by atoms with Gasteiger partial charge in [0.1, 0.15) is 23.1 Å². The van der Waals surface area contributed by atoms with E-state index in [1.165, 1.54) is 5.56 Å². The highest BCUT2D eigenvalue weighted by molar-refractivity contribution is 7.86. The number of para-hydroxylation sites is 1. The quantitative estimate of drug-likeness (QED) is 0.250. The third-order valence-corrected chi connectivity index (χ3v) is 9.06. The number of fused-ring (bicyclic) bond motifs is 1. The number of aromatic nitrogens is 3. The van der Waals surface area contributed by atoms with E-state index in [2.05, 4.69) is 11.1 Å². The molecule has 0 saturated heterocycles. The lowest BCUT2D eigenvalue weighted by Gasteiger charge is -2.44. The number of benzene rings is 3. The van der Waals surface area contributed by atoms with Crippen molar-refractivity contribution in [1.29, 1.82) is 0 Å². The van der Waals surface area contributed by atoms with Gasteiger partial charge in [-0.15, -0.1) is 0 Å². The van der Waals surface area contributed by atoms with E-state index in [4.69, 9.17) is 15.5 Å². The van der Waals surface area contributed by atoms with Gasteiger partial charge in [-0.3, -0.25) is 8.95 Å². The summed E-state index contributed by atoms with van der Waals surface area (Å²) in [6.45, 7) is 2.05. The standard InChI is InChI=1S/C30H28N4O4S/c1-20-7-5-6-8-23(20)15-21-16-30(17-21,39(35,36)37)29-33-28(26-18-32-27(31)19-34(26)29)22-11-13-25(14-12-22)38-24-9-3-2-4-10-24/h2-14,18-19,21H,15-17,31H2,1H3,(H,35,36,37). The van der Waals surface area contributed by atoms with Crippen LogP contribution in [0.2, 0.25) is 0 Å². The molecule has 2 aromatic heterocycles. The maximum absolute atomic E-state index is 12.9. The van der Waals surface area contributed by atoms with Crippen LogP contribution >= 0.6 is 0 Å². The predicted molar refractivity (Wildman–Crippen MR) is 150 cm³/mol. The number of ether oxygens (including phenoxy) is 1. The van der Waals surface area contributed by atoms with Crippen LogP contribution in [0.5, 0.6) is 11.5 Å². The monoisotopic (exact) mass is 540 g/mol. The molecule has 2 heterocycles. The normalized spacial score (nSPS) is 19.1. The Balaban J connectivity index is 1.37. The molecule has 1 saturated carbocycles. The number of rotatable bonds is 7. The molecule has 3 aromatic carbocycles. The van der Waals surface area contributed by atoms with E-state index in [0.29, 0.717) is 17.0 Å². The average Bonchev–Trinajstić information content (AvgIpc) is 3.26. The molecule has 0 aliphatic heterocycles. The zero-order valence-corrected chi connectivity index (χ0v) is 22.2. The van der Waals surface area contributed by atoms with Gasteiger partial charge < -0.3 is 10.5 Å². The van der Waals surface area contributed by atoms with E-state index < -0.39 is 14.9 Å². The lowest BCUT2D eigenvalue weighted by molar-refractivity contribution is 0.193. The fourth-order valence-electron chi connectivity index (χ4n) is 5.52. The summed E-state index contributed by atoms with van der Waals surface area (Å²) in [5.41, 5.74) is 10.2. The SMILES string of the molecule is Cc1ccccc1CC1CC(c2nc(-c3ccc(Oc4ccccc4)cc3)c3cnc(N)cn23)(S(=O)(=O)O)C1. The van der Waals surface area contributed by atoms with Gasteiger partial charge in [-0.05, 0) is 79.6 Å². The Kier molecular flexibility index (Phi) is 6.12. The molecule has 5 aromatic rings. The van der Waals surface area contributed by atoms with Crippen molar-refractivity contribution in [2.75, 3.05) is 5.73 Å². The van der Waals surface area contributed by atoms with Gasteiger partial charge in [0.15, 0.2) is 4.75 Å². The first-order valence-corrected chi connectivity index (χ1v) is 14.2. The molecule has 0 radical (unpaired) electrons. The fraction of sp³-hybridized carbons (Fsp3) is 0.200. The number of nitrogens with two attached hydrogens (primary N) is 1. The summed E-state index contributed by atoms with van der Waals surface area (Å²) in [6, 6.07) is 24.9. The van der Waals surface area contributed by atoms with Crippen LogP contribution in [0.15, 0.2) is 91.3 Å². The Labute approximate surface area is 226 Å². The van der Waals surface area contributed by atoms with E-state index in [9.17, 15) is 13.0 Å². The predicted octanol–water partition coefficient (Wildman–Crippen LogP) is 5.82. The Morgan fingerprint density at radius 2 is 1.67 bits per heavy atom. The number of imidazole rings is 1. The van der Waals surface area contributed by atoms with E-state index in [1.54, 1.807) is 16.8 Å². The molecule has 198 valence electrons. The fourth-order valence-corrected chi connectivity index (χ4v) is 6.78. The van der Waals surface area contributed by atoms with Gasteiger partial charge in [0.2, 0.25) is 0 Å². The Morgan fingerprint density at radius 1 is 1.00 bits per heavy atom. The van der Waals surface area contributed by atoms with Gasteiger partial charge >= 0.3 is 0 Å². The molecule has 1 aliphatic carbocycles. The number of aryl methyl sites for hydroxylation is 1.